The monoisotopic (exact) mass is 300 g/mol. The molecule has 110 valence electrons. The molecule has 2 aromatic rings. The Labute approximate surface area is 130 Å². The van der Waals surface area contributed by atoms with Gasteiger partial charge < -0.3 is 10.1 Å². The van der Waals surface area contributed by atoms with Gasteiger partial charge in [-0.3, -0.25) is 4.98 Å². The zero-order valence-corrected chi connectivity index (χ0v) is 13.2. The van der Waals surface area contributed by atoms with E-state index in [0.717, 1.165) is 23.7 Å². The first-order valence-corrected chi connectivity index (χ1v) is 8.31. The van der Waals surface area contributed by atoms with Gasteiger partial charge in [0.2, 0.25) is 0 Å². The third kappa shape index (κ3) is 3.22. The van der Waals surface area contributed by atoms with E-state index in [2.05, 4.69) is 41.5 Å². The Hall–Kier alpha value is -1.52. The summed E-state index contributed by atoms with van der Waals surface area (Å²) in [5, 5.41) is 3.54. The van der Waals surface area contributed by atoms with Crippen LogP contribution < -0.4 is 10.1 Å². The van der Waals surface area contributed by atoms with Gasteiger partial charge in [0, 0.05) is 22.5 Å². The molecule has 1 N–H and O–H groups in total. The summed E-state index contributed by atoms with van der Waals surface area (Å²) in [6, 6.07) is 12.6. The maximum atomic E-state index is 6.22. The lowest BCUT2D eigenvalue weighted by molar-refractivity contribution is 0.167. The van der Waals surface area contributed by atoms with Gasteiger partial charge in [-0.25, -0.2) is 0 Å². The number of thioether (sulfide) groups is 1. The quantitative estimate of drug-likeness (QED) is 0.935. The summed E-state index contributed by atoms with van der Waals surface area (Å²) in [5.41, 5.74) is 2.23. The molecule has 2 atom stereocenters. The zero-order valence-electron chi connectivity index (χ0n) is 12.4. The summed E-state index contributed by atoms with van der Waals surface area (Å²) < 4.78 is 6.22. The number of nitrogens with one attached hydrogen (secondary N) is 1. The second-order valence-electron chi connectivity index (χ2n) is 5.18. The van der Waals surface area contributed by atoms with Crippen LogP contribution in [-0.2, 0) is 0 Å². The third-order valence-corrected chi connectivity index (χ3v) is 4.76. The van der Waals surface area contributed by atoms with Crippen molar-refractivity contribution < 1.29 is 4.74 Å². The average molecular weight is 300 g/mol. The third-order valence-electron chi connectivity index (χ3n) is 3.62. The second-order valence-corrected chi connectivity index (χ2v) is 6.24. The molecule has 0 saturated heterocycles. The lowest BCUT2D eigenvalue weighted by Crippen LogP contribution is -2.39. The molecule has 0 saturated carbocycles. The van der Waals surface area contributed by atoms with Crippen molar-refractivity contribution in [2.24, 2.45) is 0 Å². The number of aryl methyl sites for hydroxylation is 1. The number of fused-ring (bicyclic) bond motifs is 1. The van der Waals surface area contributed by atoms with Crippen molar-refractivity contribution in [3.63, 3.8) is 0 Å². The fourth-order valence-electron chi connectivity index (χ4n) is 2.55. The Kier molecular flexibility index (Phi) is 4.46. The predicted octanol–water partition coefficient (Wildman–Crippen LogP) is 3.59. The molecule has 3 rings (SSSR count). The molecule has 4 heteroatoms. The molecule has 2 unspecified atom stereocenters. The number of hydrogen-bond acceptors (Lipinski definition) is 4. The van der Waals surface area contributed by atoms with E-state index >= 15 is 0 Å². The highest BCUT2D eigenvalue weighted by Crippen LogP contribution is 2.38. The Balaban J connectivity index is 1.83. The van der Waals surface area contributed by atoms with E-state index in [9.17, 15) is 0 Å². The lowest BCUT2D eigenvalue weighted by Gasteiger charge is -2.32. The van der Waals surface area contributed by atoms with Crippen LogP contribution in [-0.4, -0.2) is 23.4 Å². The Bertz CT molecular complexity index is 600. The van der Waals surface area contributed by atoms with Crippen LogP contribution in [0.3, 0.4) is 0 Å². The van der Waals surface area contributed by atoms with Gasteiger partial charge in [-0.05, 0) is 37.2 Å². The summed E-state index contributed by atoms with van der Waals surface area (Å²) in [6.07, 6.45) is 2.08. The molecule has 0 amide bonds. The molecule has 21 heavy (non-hydrogen) atoms. The highest BCUT2D eigenvalue weighted by molar-refractivity contribution is 7.99. The van der Waals surface area contributed by atoms with E-state index in [-0.39, 0.29) is 12.1 Å². The fourth-order valence-corrected chi connectivity index (χ4v) is 3.58. The van der Waals surface area contributed by atoms with E-state index in [0.29, 0.717) is 0 Å². The van der Waals surface area contributed by atoms with Crippen LogP contribution >= 0.6 is 11.8 Å². The van der Waals surface area contributed by atoms with E-state index < -0.39 is 0 Å². The Morgan fingerprint density at radius 3 is 2.95 bits per heavy atom. The normalized spacial score (nSPS) is 18.7. The maximum Gasteiger partial charge on any atom is 0.133 e. The largest absolute Gasteiger partial charge is 0.486 e. The average Bonchev–Trinajstić information content (AvgIpc) is 2.53. The van der Waals surface area contributed by atoms with E-state index in [1.165, 1.54) is 10.5 Å². The Morgan fingerprint density at radius 1 is 1.33 bits per heavy atom. The molecule has 2 heterocycles. The topological polar surface area (TPSA) is 34.2 Å². The Morgan fingerprint density at radius 2 is 2.19 bits per heavy atom. The zero-order chi connectivity index (χ0) is 14.7. The van der Waals surface area contributed by atoms with Crippen molar-refractivity contribution in [3.05, 3.63) is 53.9 Å². The van der Waals surface area contributed by atoms with E-state index in [1.54, 1.807) is 0 Å². The summed E-state index contributed by atoms with van der Waals surface area (Å²) in [4.78, 5) is 5.65. The number of rotatable bonds is 4. The van der Waals surface area contributed by atoms with Gasteiger partial charge in [-0.15, -0.1) is 11.8 Å². The molecule has 0 spiro atoms. The standard InChI is InChI=1S/C17H20N2OS/c1-3-18-17(13-9-8-12(2)19-10-13)15-11-21-16-7-5-4-6-14(16)20-15/h4-10,15,17-18H,3,11H2,1-2H3. The van der Waals surface area contributed by atoms with Gasteiger partial charge >= 0.3 is 0 Å². The molecule has 0 radical (unpaired) electrons. The van der Waals surface area contributed by atoms with Crippen LogP contribution in [0, 0.1) is 6.92 Å². The molecule has 1 aromatic carbocycles. The first-order valence-electron chi connectivity index (χ1n) is 7.32. The molecule has 0 bridgehead atoms. The van der Waals surface area contributed by atoms with Gasteiger partial charge in [0.1, 0.15) is 11.9 Å². The van der Waals surface area contributed by atoms with Crippen LogP contribution in [0.2, 0.25) is 0 Å². The highest BCUT2D eigenvalue weighted by atomic mass is 32.2. The first-order chi connectivity index (χ1) is 10.3. The number of hydrogen-bond donors (Lipinski definition) is 1. The molecule has 0 fully saturated rings. The minimum absolute atomic E-state index is 0.120. The number of ether oxygens (including phenoxy) is 1. The van der Waals surface area contributed by atoms with Gasteiger partial charge in [-0.1, -0.05) is 25.1 Å². The number of pyridine rings is 1. The molecule has 1 aliphatic heterocycles. The van der Waals surface area contributed by atoms with Crippen LogP contribution in [0.1, 0.15) is 24.2 Å². The molecule has 1 aliphatic rings. The number of para-hydroxylation sites is 1. The lowest BCUT2D eigenvalue weighted by atomic mass is 10.0. The van der Waals surface area contributed by atoms with Crippen molar-refractivity contribution in [2.45, 2.75) is 30.9 Å². The van der Waals surface area contributed by atoms with Gasteiger partial charge in [0.25, 0.3) is 0 Å². The van der Waals surface area contributed by atoms with Crippen LogP contribution in [0.25, 0.3) is 0 Å². The fraction of sp³-hybridized carbons (Fsp3) is 0.353. The molecule has 1 aromatic heterocycles. The van der Waals surface area contributed by atoms with Crippen LogP contribution in [0.15, 0.2) is 47.5 Å². The highest BCUT2D eigenvalue weighted by Gasteiger charge is 2.29. The predicted molar refractivity (Wildman–Crippen MR) is 87.0 cm³/mol. The van der Waals surface area contributed by atoms with Crippen LogP contribution in [0.4, 0.5) is 0 Å². The minimum Gasteiger partial charge on any atom is -0.486 e. The van der Waals surface area contributed by atoms with Crippen LogP contribution in [0.5, 0.6) is 5.75 Å². The van der Waals surface area contributed by atoms with Crippen molar-refractivity contribution in [3.8, 4) is 5.75 Å². The number of nitrogens with zero attached hydrogens (tertiary/aromatic N) is 1. The van der Waals surface area contributed by atoms with E-state index in [1.807, 2.05) is 37.0 Å². The summed E-state index contributed by atoms with van der Waals surface area (Å²) in [6.45, 7) is 5.04. The summed E-state index contributed by atoms with van der Waals surface area (Å²) in [7, 11) is 0. The van der Waals surface area contributed by atoms with Gasteiger partial charge in [-0.2, -0.15) is 0 Å². The second kappa shape index (κ2) is 6.50. The molecular weight excluding hydrogens is 280 g/mol. The van der Waals surface area contributed by atoms with Gasteiger partial charge in [0.05, 0.1) is 6.04 Å². The number of benzene rings is 1. The molecule has 0 aliphatic carbocycles. The smallest absolute Gasteiger partial charge is 0.133 e. The number of aromatic nitrogens is 1. The first kappa shape index (κ1) is 14.4. The minimum atomic E-state index is 0.120. The summed E-state index contributed by atoms with van der Waals surface area (Å²) in [5.74, 6) is 1.93. The van der Waals surface area contributed by atoms with Crippen molar-refractivity contribution in [1.82, 2.24) is 10.3 Å². The van der Waals surface area contributed by atoms with Gasteiger partial charge in [0.15, 0.2) is 0 Å². The molecule has 3 nitrogen and oxygen atoms in total. The number of likely N-dealkylation sites (N-methyl/N-ethyl adjacent to an activating group) is 1. The van der Waals surface area contributed by atoms with Crippen molar-refractivity contribution in [1.29, 1.82) is 0 Å². The maximum absolute atomic E-state index is 6.22. The summed E-state index contributed by atoms with van der Waals surface area (Å²) >= 11 is 1.86. The van der Waals surface area contributed by atoms with Crippen molar-refractivity contribution in [2.75, 3.05) is 12.3 Å². The van der Waals surface area contributed by atoms with Crippen molar-refractivity contribution >= 4 is 11.8 Å². The SMILES string of the molecule is CCNC(c1ccc(C)nc1)C1CSc2ccccc2O1. The van der Waals surface area contributed by atoms with E-state index in [4.69, 9.17) is 4.74 Å². The molecular formula is C17H20N2OS.